The average Bonchev–Trinajstić information content (AvgIpc) is 2.81. The molecule has 102 valence electrons. The normalized spacial score (nSPS) is 10.5. The fourth-order valence-electron chi connectivity index (χ4n) is 1.10. The maximum absolute atomic E-state index is 5.36. The summed E-state index contributed by atoms with van der Waals surface area (Å²) in [6.07, 6.45) is 0.854. The van der Waals surface area contributed by atoms with E-state index in [0.29, 0.717) is 16.9 Å². The van der Waals surface area contributed by atoms with Crippen LogP contribution >= 0.6 is 11.8 Å². The average molecular weight is 283 g/mol. The van der Waals surface area contributed by atoms with E-state index >= 15 is 0 Å². The van der Waals surface area contributed by atoms with Gasteiger partial charge in [-0.15, -0.1) is 5.10 Å². The minimum Gasteiger partial charge on any atom is -0.463 e. The van der Waals surface area contributed by atoms with Crippen molar-refractivity contribution in [3.8, 4) is 6.01 Å². The van der Waals surface area contributed by atoms with Gasteiger partial charge < -0.3 is 4.74 Å². The highest BCUT2D eigenvalue weighted by Gasteiger charge is 2.11. The van der Waals surface area contributed by atoms with Crippen molar-refractivity contribution in [2.24, 2.45) is 12.9 Å². The minimum absolute atomic E-state index is 0.211. The maximum atomic E-state index is 5.36. The number of nitrogens with two attached hydrogens (primary N) is 1. The highest BCUT2D eigenvalue weighted by atomic mass is 32.2. The molecule has 0 saturated carbocycles. The molecule has 0 aliphatic heterocycles. The molecular formula is C8H13N9OS. The van der Waals surface area contributed by atoms with Crippen molar-refractivity contribution in [1.82, 2.24) is 35.2 Å². The summed E-state index contributed by atoms with van der Waals surface area (Å²) in [5, 5.41) is 12.0. The standard InChI is InChI=1S/C8H13N9OS/c1-3-4-18-6-10-5(13-9)11-7(12-6)19-8-14-15-16-17(8)2/h3-4,9H2,1-2H3,(H,10,11,12,13). The summed E-state index contributed by atoms with van der Waals surface area (Å²) in [5.41, 5.74) is 2.36. The molecule has 11 heteroatoms. The smallest absolute Gasteiger partial charge is 0.322 e. The van der Waals surface area contributed by atoms with Crippen LogP contribution in [0.5, 0.6) is 6.01 Å². The lowest BCUT2D eigenvalue weighted by Crippen LogP contribution is -2.13. The summed E-state index contributed by atoms with van der Waals surface area (Å²) in [6, 6.07) is 0.211. The lowest BCUT2D eigenvalue weighted by atomic mass is 10.5. The van der Waals surface area contributed by atoms with Gasteiger partial charge in [0, 0.05) is 7.05 Å². The number of hydrogen-bond acceptors (Lipinski definition) is 10. The van der Waals surface area contributed by atoms with Crippen LogP contribution in [0.15, 0.2) is 10.3 Å². The molecule has 3 N–H and O–H groups in total. The summed E-state index contributed by atoms with van der Waals surface area (Å²) in [5.74, 6) is 5.53. The van der Waals surface area contributed by atoms with E-state index in [0.717, 1.165) is 6.42 Å². The molecule has 2 aromatic heterocycles. The largest absolute Gasteiger partial charge is 0.463 e. The predicted molar refractivity (Wildman–Crippen MR) is 66.3 cm³/mol. The van der Waals surface area contributed by atoms with E-state index in [1.54, 1.807) is 7.05 Å². The molecule has 0 aliphatic carbocycles. The Hall–Kier alpha value is -2.01. The van der Waals surface area contributed by atoms with Crippen LogP contribution < -0.4 is 16.0 Å². The molecule has 2 rings (SSSR count). The van der Waals surface area contributed by atoms with Gasteiger partial charge in [-0.25, -0.2) is 10.5 Å². The molecule has 2 aromatic rings. The Morgan fingerprint density at radius 3 is 2.84 bits per heavy atom. The molecule has 0 aromatic carbocycles. The van der Waals surface area contributed by atoms with Gasteiger partial charge in [0.25, 0.3) is 0 Å². The molecule has 0 unspecified atom stereocenters. The van der Waals surface area contributed by atoms with Gasteiger partial charge in [0.1, 0.15) is 0 Å². The highest BCUT2D eigenvalue weighted by molar-refractivity contribution is 7.99. The molecule has 0 atom stereocenters. The van der Waals surface area contributed by atoms with Crippen molar-refractivity contribution in [2.75, 3.05) is 12.0 Å². The van der Waals surface area contributed by atoms with Crippen LogP contribution in [0.1, 0.15) is 13.3 Å². The summed E-state index contributed by atoms with van der Waals surface area (Å²) in [7, 11) is 1.72. The first-order valence-electron chi connectivity index (χ1n) is 5.48. The zero-order chi connectivity index (χ0) is 13.7. The Labute approximate surface area is 113 Å². The quantitative estimate of drug-likeness (QED) is 0.534. The third kappa shape index (κ3) is 3.48. The summed E-state index contributed by atoms with van der Waals surface area (Å²) in [6.45, 7) is 2.51. The van der Waals surface area contributed by atoms with E-state index in [9.17, 15) is 0 Å². The van der Waals surface area contributed by atoms with E-state index in [4.69, 9.17) is 10.6 Å². The molecule has 19 heavy (non-hydrogen) atoms. The second-order valence-corrected chi connectivity index (χ2v) is 4.34. The van der Waals surface area contributed by atoms with E-state index in [1.165, 1.54) is 16.4 Å². The van der Waals surface area contributed by atoms with Crippen molar-refractivity contribution in [3.05, 3.63) is 0 Å². The fourth-order valence-corrected chi connectivity index (χ4v) is 1.76. The van der Waals surface area contributed by atoms with Crippen LogP contribution in [-0.2, 0) is 7.05 Å². The number of tetrazole rings is 1. The van der Waals surface area contributed by atoms with Crippen molar-refractivity contribution in [2.45, 2.75) is 23.7 Å². The van der Waals surface area contributed by atoms with Gasteiger partial charge in [0.2, 0.25) is 16.3 Å². The lowest BCUT2D eigenvalue weighted by molar-refractivity contribution is 0.288. The Kier molecular flexibility index (Phi) is 4.41. The molecule has 0 spiro atoms. The minimum atomic E-state index is 0.211. The number of ether oxygens (including phenoxy) is 1. The zero-order valence-corrected chi connectivity index (χ0v) is 11.3. The predicted octanol–water partition coefficient (Wildman–Crippen LogP) is -0.379. The van der Waals surface area contributed by atoms with Crippen molar-refractivity contribution >= 4 is 17.7 Å². The summed E-state index contributed by atoms with van der Waals surface area (Å²) < 4.78 is 6.87. The van der Waals surface area contributed by atoms with Gasteiger partial charge in [0.05, 0.1) is 6.61 Å². The molecule has 0 aliphatic rings. The Bertz CT molecular complexity index is 545. The monoisotopic (exact) mass is 283 g/mol. The molecular weight excluding hydrogens is 270 g/mol. The second-order valence-electron chi connectivity index (χ2n) is 3.40. The number of nitrogens with zero attached hydrogens (tertiary/aromatic N) is 7. The second kappa shape index (κ2) is 6.24. The molecule has 2 heterocycles. The first-order valence-corrected chi connectivity index (χ1v) is 6.30. The maximum Gasteiger partial charge on any atom is 0.322 e. The van der Waals surface area contributed by atoms with E-state index in [-0.39, 0.29) is 12.0 Å². The number of anilines is 1. The Morgan fingerprint density at radius 2 is 2.21 bits per heavy atom. The van der Waals surface area contributed by atoms with Crippen molar-refractivity contribution in [1.29, 1.82) is 0 Å². The topological polar surface area (TPSA) is 130 Å². The van der Waals surface area contributed by atoms with Crippen LogP contribution in [0, 0.1) is 0 Å². The molecule has 10 nitrogen and oxygen atoms in total. The van der Waals surface area contributed by atoms with Gasteiger partial charge in [-0.3, -0.25) is 5.43 Å². The van der Waals surface area contributed by atoms with Crippen LogP contribution in [0.3, 0.4) is 0 Å². The molecule has 0 fully saturated rings. The highest BCUT2D eigenvalue weighted by Crippen LogP contribution is 2.23. The van der Waals surface area contributed by atoms with Gasteiger partial charge in [-0.05, 0) is 28.6 Å². The van der Waals surface area contributed by atoms with Gasteiger partial charge >= 0.3 is 6.01 Å². The zero-order valence-electron chi connectivity index (χ0n) is 10.4. The molecule has 0 radical (unpaired) electrons. The summed E-state index contributed by atoms with van der Waals surface area (Å²) in [4.78, 5) is 12.2. The fraction of sp³-hybridized carbons (Fsp3) is 0.500. The molecule has 0 amide bonds. The first-order chi connectivity index (χ1) is 9.22. The number of nitrogens with one attached hydrogen (secondary N) is 1. The Balaban J connectivity index is 2.21. The SMILES string of the molecule is CCCOc1nc(NN)nc(Sc2nnnn2C)n1. The molecule has 0 saturated heterocycles. The Morgan fingerprint density at radius 1 is 1.37 bits per heavy atom. The van der Waals surface area contributed by atoms with E-state index < -0.39 is 0 Å². The number of aromatic nitrogens is 7. The van der Waals surface area contributed by atoms with E-state index in [2.05, 4.69) is 35.9 Å². The summed E-state index contributed by atoms with van der Waals surface area (Å²) >= 11 is 1.19. The first kappa shape index (κ1) is 13.4. The van der Waals surface area contributed by atoms with Crippen LogP contribution in [0.2, 0.25) is 0 Å². The van der Waals surface area contributed by atoms with Crippen LogP contribution in [0.4, 0.5) is 5.95 Å². The number of hydrogen-bond donors (Lipinski definition) is 2. The van der Waals surface area contributed by atoms with Gasteiger partial charge in [0.15, 0.2) is 0 Å². The number of aryl methyl sites for hydroxylation is 1. The number of rotatable bonds is 6. The van der Waals surface area contributed by atoms with Crippen LogP contribution in [-0.4, -0.2) is 41.8 Å². The van der Waals surface area contributed by atoms with E-state index in [1.807, 2.05) is 6.92 Å². The van der Waals surface area contributed by atoms with Gasteiger partial charge in [-0.1, -0.05) is 6.92 Å². The van der Waals surface area contributed by atoms with Crippen molar-refractivity contribution < 1.29 is 4.74 Å². The number of nitrogen functional groups attached to an aromatic ring is 1. The third-order valence-corrected chi connectivity index (χ3v) is 2.82. The molecule has 0 bridgehead atoms. The third-order valence-electron chi connectivity index (χ3n) is 1.92. The van der Waals surface area contributed by atoms with Crippen LogP contribution in [0.25, 0.3) is 0 Å². The van der Waals surface area contributed by atoms with Crippen molar-refractivity contribution in [3.63, 3.8) is 0 Å². The van der Waals surface area contributed by atoms with Gasteiger partial charge in [-0.2, -0.15) is 15.0 Å². The number of hydrazine groups is 1. The lowest BCUT2D eigenvalue weighted by Gasteiger charge is -2.06.